The maximum absolute atomic E-state index is 11.2. The van der Waals surface area contributed by atoms with Crippen molar-refractivity contribution in [1.82, 2.24) is 14.7 Å². The van der Waals surface area contributed by atoms with Gasteiger partial charge in [0.15, 0.2) is 0 Å². The van der Waals surface area contributed by atoms with E-state index in [0.717, 1.165) is 0 Å². The van der Waals surface area contributed by atoms with Gasteiger partial charge < -0.3 is 10.7 Å². The molecule has 6 nitrogen and oxygen atoms in total. The van der Waals surface area contributed by atoms with Crippen LogP contribution in [0.4, 0.5) is 0 Å². The van der Waals surface area contributed by atoms with Crippen molar-refractivity contribution in [3.8, 4) is 0 Å². The summed E-state index contributed by atoms with van der Waals surface area (Å²) in [6, 6.07) is 0. The number of rotatable bonds is 5. The van der Waals surface area contributed by atoms with Crippen LogP contribution in [0, 0.1) is 0 Å². The van der Waals surface area contributed by atoms with Crippen molar-refractivity contribution in [3.63, 3.8) is 0 Å². The van der Waals surface area contributed by atoms with Gasteiger partial charge in [-0.15, -0.1) is 0 Å². The maximum atomic E-state index is 11.2. The van der Waals surface area contributed by atoms with Crippen molar-refractivity contribution < 1.29 is 8.42 Å². The monoisotopic (exact) mass is 234 g/mol. The SMILES string of the molecule is NC(=S)CS(=O)(=O)NCc1cnc[nH]1. The fourth-order valence-corrected chi connectivity index (χ4v) is 2.12. The summed E-state index contributed by atoms with van der Waals surface area (Å²) in [5.74, 6) is -0.337. The number of aromatic amines is 1. The summed E-state index contributed by atoms with van der Waals surface area (Å²) in [6.45, 7) is 0.158. The van der Waals surface area contributed by atoms with Crippen molar-refractivity contribution in [2.75, 3.05) is 5.75 Å². The average Bonchev–Trinajstić information content (AvgIpc) is 2.50. The van der Waals surface area contributed by atoms with Gasteiger partial charge in [0.05, 0.1) is 17.9 Å². The van der Waals surface area contributed by atoms with Crippen LogP contribution in [0.15, 0.2) is 12.5 Å². The van der Waals surface area contributed by atoms with E-state index >= 15 is 0 Å². The van der Waals surface area contributed by atoms with Crippen LogP contribution in [-0.4, -0.2) is 29.1 Å². The van der Waals surface area contributed by atoms with Crippen LogP contribution < -0.4 is 10.5 Å². The minimum atomic E-state index is -3.42. The van der Waals surface area contributed by atoms with Crippen LogP contribution in [0.1, 0.15) is 5.69 Å². The van der Waals surface area contributed by atoms with E-state index in [1.807, 2.05) is 0 Å². The van der Waals surface area contributed by atoms with Gasteiger partial charge in [0.1, 0.15) is 5.75 Å². The number of aromatic nitrogens is 2. The van der Waals surface area contributed by atoms with Crippen LogP contribution in [0.5, 0.6) is 0 Å². The summed E-state index contributed by atoms with van der Waals surface area (Å²) >= 11 is 4.50. The van der Waals surface area contributed by atoms with Crippen LogP contribution in [0.3, 0.4) is 0 Å². The Morgan fingerprint density at radius 3 is 2.93 bits per heavy atom. The van der Waals surface area contributed by atoms with E-state index in [1.165, 1.54) is 12.5 Å². The lowest BCUT2D eigenvalue weighted by Crippen LogP contribution is -2.32. The van der Waals surface area contributed by atoms with Crippen molar-refractivity contribution in [2.24, 2.45) is 5.73 Å². The Bertz CT molecular complexity index is 397. The molecule has 0 atom stereocenters. The zero-order chi connectivity index (χ0) is 10.6. The zero-order valence-electron chi connectivity index (χ0n) is 7.23. The smallest absolute Gasteiger partial charge is 0.218 e. The van der Waals surface area contributed by atoms with Crippen LogP contribution in [0.2, 0.25) is 0 Å². The third kappa shape index (κ3) is 3.81. The maximum Gasteiger partial charge on any atom is 0.218 e. The number of hydrogen-bond acceptors (Lipinski definition) is 4. The van der Waals surface area contributed by atoms with E-state index in [4.69, 9.17) is 5.73 Å². The van der Waals surface area contributed by atoms with Crippen molar-refractivity contribution in [2.45, 2.75) is 6.54 Å². The van der Waals surface area contributed by atoms with E-state index in [9.17, 15) is 8.42 Å². The lowest BCUT2D eigenvalue weighted by atomic mass is 10.5. The number of nitrogens with zero attached hydrogens (tertiary/aromatic N) is 1. The van der Waals surface area contributed by atoms with Crippen molar-refractivity contribution >= 4 is 27.2 Å². The highest BCUT2D eigenvalue weighted by Crippen LogP contribution is 1.92. The molecule has 0 amide bonds. The molecule has 0 bridgehead atoms. The molecule has 0 unspecified atom stereocenters. The normalized spacial score (nSPS) is 11.4. The highest BCUT2D eigenvalue weighted by atomic mass is 32.2. The molecule has 0 aliphatic carbocycles. The van der Waals surface area contributed by atoms with Gasteiger partial charge in [0, 0.05) is 11.9 Å². The number of H-pyrrole nitrogens is 1. The molecule has 0 aromatic carbocycles. The molecule has 4 N–H and O–H groups in total. The molecule has 1 rings (SSSR count). The van der Waals surface area contributed by atoms with Crippen LogP contribution in [0.25, 0.3) is 0 Å². The Balaban J connectivity index is 2.49. The summed E-state index contributed by atoms with van der Waals surface area (Å²) in [5.41, 5.74) is 5.80. The lowest BCUT2D eigenvalue weighted by molar-refractivity contribution is 0.584. The van der Waals surface area contributed by atoms with E-state index in [-0.39, 0.29) is 17.3 Å². The molecule has 0 aliphatic heterocycles. The number of sulfonamides is 1. The largest absolute Gasteiger partial charge is 0.392 e. The van der Waals surface area contributed by atoms with Gasteiger partial charge in [-0.25, -0.2) is 18.1 Å². The predicted molar refractivity (Wildman–Crippen MR) is 56.0 cm³/mol. The number of nitrogens with one attached hydrogen (secondary N) is 2. The number of nitrogens with two attached hydrogens (primary N) is 1. The molecule has 14 heavy (non-hydrogen) atoms. The van der Waals surface area contributed by atoms with Crippen molar-refractivity contribution in [3.05, 3.63) is 18.2 Å². The fourth-order valence-electron chi connectivity index (χ4n) is 0.807. The highest BCUT2D eigenvalue weighted by Gasteiger charge is 2.11. The molecular weight excluding hydrogens is 224 g/mol. The molecule has 1 aromatic heterocycles. The van der Waals surface area contributed by atoms with Crippen LogP contribution >= 0.6 is 12.2 Å². The summed E-state index contributed by atoms with van der Waals surface area (Å²) in [5, 5.41) is 0. The second-order valence-electron chi connectivity index (χ2n) is 2.62. The minimum Gasteiger partial charge on any atom is -0.392 e. The van der Waals surface area contributed by atoms with Gasteiger partial charge in [-0.05, 0) is 0 Å². The van der Waals surface area contributed by atoms with Gasteiger partial charge in [0.2, 0.25) is 10.0 Å². The third-order valence-corrected chi connectivity index (χ3v) is 2.97. The molecule has 78 valence electrons. The minimum absolute atomic E-state index is 0.0536. The van der Waals surface area contributed by atoms with Crippen molar-refractivity contribution in [1.29, 1.82) is 0 Å². The molecule has 0 saturated heterocycles. The summed E-state index contributed by atoms with van der Waals surface area (Å²) in [7, 11) is -3.42. The average molecular weight is 234 g/mol. The Labute approximate surface area is 87.0 Å². The first-order valence-electron chi connectivity index (χ1n) is 3.72. The highest BCUT2D eigenvalue weighted by molar-refractivity contribution is 7.92. The Morgan fingerprint density at radius 2 is 2.43 bits per heavy atom. The summed E-state index contributed by atoms with van der Waals surface area (Å²) in [4.78, 5) is 6.45. The Kier molecular flexibility index (Phi) is 3.55. The van der Waals surface area contributed by atoms with Gasteiger partial charge >= 0.3 is 0 Å². The standard InChI is InChI=1S/C6H10N4O2S2/c7-6(13)3-14(11,12)10-2-5-1-8-4-9-5/h1,4,10H,2-3H2,(H2,7,13)(H,8,9). The molecular formula is C6H10N4O2S2. The predicted octanol–water partition coefficient (Wildman–Crippen LogP) is -0.885. The molecule has 0 saturated carbocycles. The topological polar surface area (TPSA) is 101 Å². The zero-order valence-corrected chi connectivity index (χ0v) is 8.86. The van der Waals surface area contributed by atoms with E-state index in [1.54, 1.807) is 0 Å². The van der Waals surface area contributed by atoms with Crippen LogP contribution in [-0.2, 0) is 16.6 Å². The molecule has 0 spiro atoms. The Morgan fingerprint density at radius 1 is 1.71 bits per heavy atom. The fraction of sp³-hybridized carbons (Fsp3) is 0.333. The quantitative estimate of drug-likeness (QED) is 0.574. The second kappa shape index (κ2) is 4.49. The first-order valence-corrected chi connectivity index (χ1v) is 5.78. The van der Waals surface area contributed by atoms with E-state index in [2.05, 4.69) is 26.9 Å². The van der Waals surface area contributed by atoms with Gasteiger partial charge in [-0.3, -0.25) is 0 Å². The van der Waals surface area contributed by atoms with Gasteiger partial charge in [-0.1, -0.05) is 12.2 Å². The molecule has 0 fully saturated rings. The number of imidazole rings is 1. The van der Waals surface area contributed by atoms with E-state index < -0.39 is 10.0 Å². The first kappa shape index (κ1) is 11.1. The number of thiocarbonyl (C=S) groups is 1. The summed E-state index contributed by atoms with van der Waals surface area (Å²) < 4.78 is 24.8. The molecule has 0 aliphatic rings. The molecule has 1 aromatic rings. The summed E-state index contributed by atoms with van der Waals surface area (Å²) in [6.07, 6.45) is 3.00. The lowest BCUT2D eigenvalue weighted by Gasteiger charge is -2.03. The molecule has 0 radical (unpaired) electrons. The van der Waals surface area contributed by atoms with Gasteiger partial charge in [0.25, 0.3) is 0 Å². The second-order valence-corrected chi connectivity index (χ2v) is 4.95. The number of hydrogen-bond donors (Lipinski definition) is 3. The first-order chi connectivity index (χ1) is 6.49. The third-order valence-electron chi connectivity index (χ3n) is 1.37. The molecule has 1 heterocycles. The van der Waals surface area contributed by atoms with Gasteiger partial charge in [-0.2, -0.15) is 0 Å². The van der Waals surface area contributed by atoms with E-state index in [0.29, 0.717) is 5.69 Å². The molecule has 8 heteroatoms. The Hall–Kier alpha value is -0.990.